The molecule has 25 heavy (non-hydrogen) atoms. The van der Waals surface area contributed by atoms with Gasteiger partial charge >= 0.3 is 0 Å². The molecule has 0 unspecified atom stereocenters. The number of guanidine groups is 1. The van der Waals surface area contributed by atoms with Crippen molar-refractivity contribution in [3.8, 4) is 0 Å². The molecule has 2 N–H and O–H groups in total. The minimum absolute atomic E-state index is 0. The Morgan fingerprint density at radius 3 is 2.80 bits per heavy atom. The van der Waals surface area contributed by atoms with Crippen LogP contribution >= 0.6 is 35.3 Å². The Morgan fingerprint density at radius 2 is 2.08 bits per heavy atom. The highest BCUT2D eigenvalue weighted by Crippen LogP contribution is 2.18. The van der Waals surface area contributed by atoms with Crippen LogP contribution in [0.4, 0.5) is 5.82 Å². The van der Waals surface area contributed by atoms with Gasteiger partial charge in [0.2, 0.25) is 0 Å². The van der Waals surface area contributed by atoms with E-state index in [-0.39, 0.29) is 24.0 Å². The van der Waals surface area contributed by atoms with Crippen molar-refractivity contribution in [2.24, 2.45) is 4.99 Å². The lowest BCUT2D eigenvalue weighted by molar-refractivity contribution is 0.122. The van der Waals surface area contributed by atoms with E-state index in [1.165, 1.54) is 5.56 Å². The lowest BCUT2D eigenvalue weighted by atomic mass is 10.2. The summed E-state index contributed by atoms with van der Waals surface area (Å²) in [5.74, 6) is 1.82. The normalized spacial score (nSPS) is 14.8. The van der Waals surface area contributed by atoms with Gasteiger partial charge in [0, 0.05) is 45.0 Å². The standard InChI is InChI=1S/C17H23N5OS.HI/c1-18-17(20-11-14-4-10-24-13-14)21-12-15-3-2-5-19-16(15)22-6-8-23-9-7-22;/h2-5,10,13H,6-9,11-12H2,1H3,(H2,18,20,21);1H. The van der Waals surface area contributed by atoms with E-state index in [1.807, 2.05) is 12.3 Å². The summed E-state index contributed by atoms with van der Waals surface area (Å²) in [6.07, 6.45) is 1.85. The van der Waals surface area contributed by atoms with E-state index in [0.29, 0.717) is 6.54 Å². The van der Waals surface area contributed by atoms with Crippen molar-refractivity contribution in [2.75, 3.05) is 38.3 Å². The number of hydrogen-bond donors (Lipinski definition) is 2. The fourth-order valence-electron chi connectivity index (χ4n) is 2.61. The van der Waals surface area contributed by atoms with Gasteiger partial charge < -0.3 is 20.3 Å². The summed E-state index contributed by atoms with van der Waals surface area (Å²) in [4.78, 5) is 11.1. The zero-order valence-electron chi connectivity index (χ0n) is 14.3. The molecule has 0 aliphatic carbocycles. The van der Waals surface area contributed by atoms with E-state index >= 15 is 0 Å². The quantitative estimate of drug-likeness (QED) is 0.397. The number of ether oxygens (including phenoxy) is 1. The zero-order chi connectivity index (χ0) is 16.6. The van der Waals surface area contributed by atoms with E-state index in [1.54, 1.807) is 18.4 Å². The van der Waals surface area contributed by atoms with Gasteiger partial charge in [0.15, 0.2) is 5.96 Å². The van der Waals surface area contributed by atoms with Gasteiger partial charge in [0.05, 0.1) is 13.2 Å². The predicted octanol–water partition coefficient (Wildman–Crippen LogP) is 2.46. The Kier molecular flexibility index (Phi) is 8.42. The molecule has 0 saturated carbocycles. The first-order valence-corrected chi connectivity index (χ1v) is 9.03. The summed E-state index contributed by atoms with van der Waals surface area (Å²) < 4.78 is 5.43. The first kappa shape index (κ1) is 19.9. The Labute approximate surface area is 169 Å². The molecule has 136 valence electrons. The number of rotatable bonds is 5. The molecule has 0 radical (unpaired) electrons. The fraction of sp³-hybridized carbons (Fsp3) is 0.412. The lowest BCUT2D eigenvalue weighted by Gasteiger charge is -2.29. The molecule has 2 aromatic rings. The first-order valence-electron chi connectivity index (χ1n) is 8.09. The number of pyridine rings is 1. The monoisotopic (exact) mass is 473 g/mol. The first-order chi connectivity index (χ1) is 11.9. The highest BCUT2D eigenvalue weighted by Gasteiger charge is 2.15. The Morgan fingerprint density at radius 1 is 1.28 bits per heavy atom. The van der Waals surface area contributed by atoms with Crippen LogP contribution in [0, 0.1) is 0 Å². The Balaban J connectivity index is 0.00000225. The summed E-state index contributed by atoms with van der Waals surface area (Å²) in [6, 6.07) is 6.20. The fourth-order valence-corrected chi connectivity index (χ4v) is 3.28. The molecule has 0 aromatic carbocycles. The predicted molar refractivity (Wildman–Crippen MR) is 114 cm³/mol. The van der Waals surface area contributed by atoms with Gasteiger partial charge in [-0.15, -0.1) is 24.0 Å². The van der Waals surface area contributed by atoms with Crippen molar-refractivity contribution in [3.63, 3.8) is 0 Å². The summed E-state index contributed by atoms with van der Waals surface area (Å²) >= 11 is 1.70. The largest absolute Gasteiger partial charge is 0.378 e. The van der Waals surface area contributed by atoms with Gasteiger partial charge in [-0.05, 0) is 28.5 Å². The Bertz CT molecular complexity index is 659. The van der Waals surface area contributed by atoms with Crippen LogP contribution in [-0.4, -0.2) is 44.3 Å². The maximum atomic E-state index is 5.43. The molecule has 6 nitrogen and oxygen atoms in total. The molecule has 3 rings (SSSR count). The number of hydrogen-bond acceptors (Lipinski definition) is 5. The van der Waals surface area contributed by atoms with Crippen LogP contribution in [0.25, 0.3) is 0 Å². The second-order valence-electron chi connectivity index (χ2n) is 5.50. The van der Waals surface area contributed by atoms with Crippen LogP contribution in [0.15, 0.2) is 40.1 Å². The number of nitrogens with zero attached hydrogens (tertiary/aromatic N) is 3. The highest BCUT2D eigenvalue weighted by atomic mass is 127. The van der Waals surface area contributed by atoms with Gasteiger partial charge in [0.1, 0.15) is 5.82 Å². The molecule has 2 aromatic heterocycles. The summed E-state index contributed by atoms with van der Waals surface area (Å²) in [7, 11) is 1.79. The molecule has 0 bridgehead atoms. The highest BCUT2D eigenvalue weighted by molar-refractivity contribution is 14.0. The van der Waals surface area contributed by atoms with Crippen molar-refractivity contribution in [1.82, 2.24) is 15.6 Å². The molecule has 8 heteroatoms. The lowest BCUT2D eigenvalue weighted by Crippen LogP contribution is -2.39. The van der Waals surface area contributed by atoms with Gasteiger partial charge in [-0.25, -0.2) is 4.98 Å². The number of aliphatic imine (C=N–C) groups is 1. The third kappa shape index (κ3) is 5.82. The van der Waals surface area contributed by atoms with Crippen LogP contribution in [0.3, 0.4) is 0 Å². The van der Waals surface area contributed by atoms with E-state index in [2.05, 4.69) is 48.4 Å². The average Bonchev–Trinajstić information content (AvgIpc) is 3.16. The second-order valence-corrected chi connectivity index (χ2v) is 6.28. The SMILES string of the molecule is CN=C(NCc1ccsc1)NCc1cccnc1N1CCOCC1.I. The molecule has 0 spiro atoms. The van der Waals surface area contributed by atoms with Gasteiger partial charge in [-0.3, -0.25) is 4.99 Å². The number of morpholine rings is 1. The second kappa shape index (κ2) is 10.6. The smallest absolute Gasteiger partial charge is 0.191 e. The number of halogens is 1. The topological polar surface area (TPSA) is 61.8 Å². The van der Waals surface area contributed by atoms with Crippen LogP contribution < -0.4 is 15.5 Å². The Hall–Kier alpha value is -1.39. The van der Waals surface area contributed by atoms with Crippen molar-refractivity contribution in [2.45, 2.75) is 13.1 Å². The molecule has 1 aliphatic heterocycles. The summed E-state index contributed by atoms with van der Waals surface area (Å²) in [5, 5.41) is 10.9. The van der Waals surface area contributed by atoms with Crippen molar-refractivity contribution in [1.29, 1.82) is 0 Å². The minimum Gasteiger partial charge on any atom is -0.378 e. The van der Waals surface area contributed by atoms with Gasteiger partial charge in [-0.1, -0.05) is 6.07 Å². The number of aromatic nitrogens is 1. The third-order valence-corrected chi connectivity index (χ3v) is 4.62. The maximum Gasteiger partial charge on any atom is 0.191 e. The van der Waals surface area contributed by atoms with E-state index in [0.717, 1.165) is 50.2 Å². The molecular weight excluding hydrogens is 449 g/mol. The molecular formula is C17H24IN5OS. The van der Waals surface area contributed by atoms with Crippen LogP contribution in [-0.2, 0) is 17.8 Å². The summed E-state index contributed by atoms with van der Waals surface area (Å²) in [5.41, 5.74) is 2.43. The number of anilines is 1. The van der Waals surface area contributed by atoms with Crippen molar-refractivity contribution >= 4 is 47.1 Å². The number of thiophene rings is 1. The average molecular weight is 473 g/mol. The maximum absolute atomic E-state index is 5.43. The molecule has 0 atom stereocenters. The van der Waals surface area contributed by atoms with Crippen LogP contribution in [0.2, 0.25) is 0 Å². The van der Waals surface area contributed by atoms with E-state index in [4.69, 9.17) is 4.74 Å². The zero-order valence-corrected chi connectivity index (χ0v) is 17.4. The van der Waals surface area contributed by atoms with Crippen LogP contribution in [0.1, 0.15) is 11.1 Å². The summed E-state index contributed by atoms with van der Waals surface area (Å²) in [6.45, 7) is 4.74. The van der Waals surface area contributed by atoms with Gasteiger partial charge in [-0.2, -0.15) is 11.3 Å². The molecule has 3 heterocycles. The molecule has 1 fully saturated rings. The van der Waals surface area contributed by atoms with E-state index < -0.39 is 0 Å². The minimum atomic E-state index is 0. The van der Waals surface area contributed by atoms with Crippen molar-refractivity contribution < 1.29 is 4.74 Å². The molecule has 1 saturated heterocycles. The third-order valence-electron chi connectivity index (χ3n) is 3.89. The number of nitrogens with one attached hydrogen (secondary N) is 2. The van der Waals surface area contributed by atoms with Crippen molar-refractivity contribution in [3.05, 3.63) is 46.3 Å². The van der Waals surface area contributed by atoms with Gasteiger partial charge in [0.25, 0.3) is 0 Å². The molecule has 1 aliphatic rings. The van der Waals surface area contributed by atoms with E-state index in [9.17, 15) is 0 Å². The van der Waals surface area contributed by atoms with Crippen LogP contribution in [0.5, 0.6) is 0 Å². The molecule has 0 amide bonds.